The first kappa shape index (κ1) is 12.7. The lowest BCUT2D eigenvalue weighted by molar-refractivity contribution is -0.116. The van der Waals surface area contributed by atoms with E-state index in [1.807, 2.05) is 41.3 Å². The predicted molar refractivity (Wildman–Crippen MR) is 83.4 cm³/mol. The number of benzene rings is 2. The molecule has 0 N–H and O–H groups in total. The summed E-state index contributed by atoms with van der Waals surface area (Å²) in [5.74, 6) is 0.0910. The molecule has 2 nitrogen and oxygen atoms in total. The minimum absolute atomic E-state index is 0.0910. The lowest BCUT2D eigenvalue weighted by atomic mass is 9.97. The van der Waals surface area contributed by atoms with Crippen molar-refractivity contribution in [2.24, 2.45) is 0 Å². The number of carbonyl (C=O) groups excluding carboxylic acids is 1. The van der Waals surface area contributed by atoms with Gasteiger partial charge in [0, 0.05) is 12.5 Å². The molecule has 0 fully saturated rings. The molecule has 2 aromatic rings. The fourth-order valence-corrected chi connectivity index (χ4v) is 2.76. The van der Waals surface area contributed by atoms with E-state index in [1.54, 1.807) is 6.92 Å². The monoisotopic (exact) mass is 263 g/mol. The van der Waals surface area contributed by atoms with Crippen LogP contribution in [-0.4, -0.2) is 12.5 Å². The van der Waals surface area contributed by atoms with Crippen LogP contribution >= 0.6 is 0 Å². The SMILES string of the molecule is CC(=O)N1C/C(=C(\C)c2ccccc2)c2ccccc21. The summed E-state index contributed by atoms with van der Waals surface area (Å²) in [4.78, 5) is 13.7. The highest BCUT2D eigenvalue weighted by Crippen LogP contribution is 2.39. The second-order valence-corrected chi connectivity index (χ2v) is 5.09. The molecule has 0 atom stereocenters. The number of anilines is 1. The molecule has 2 heteroatoms. The van der Waals surface area contributed by atoms with E-state index in [1.165, 1.54) is 22.3 Å². The fourth-order valence-electron chi connectivity index (χ4n) is 2.76. The van der Waals surface area contributed by atoms with Crippen LogP contribution in [0.4, 0.5) is 5.69 Å². The van der Waals surface area contributed by atoms with Crippen molar-refractivity contribution >= 4 is 22.7 Å². The van der Waals surface area contributed by atoms with Gasteiger partial charge in [0.05, 0.1) is 12.2 Å². The average molecular weight is 263 g/mol. The van der Waals surface area contributed by atoms with Crippen molar-refractivity contribution in [1.82, 2.24) is 0 Å². The Hall–Kier alpha value is -2.35. The van der Waals surface area contributed by atoms with Crippen LogP contribution < -0.4 is 4.90 Å². The summed E-state index contributed by atoms with van der Waals surface area (Å²) >= 11 is 0. The molecular formula is C18H17NO. The fraction of sp³-hybridized carbons (Fsp3) is 0.167. The molecule has 20 heavy (non-hydrogen) atoms. The zero-order chi connectivity index (χ0) is 14.1. The first-order chi connectivity index (χ1) is 9.68. The van der Waals surface area contributed by atoms with Crippen molar-refractivity contribution in [2.45, 2.75) is 13.8 Å². The van der Waals surface area contributed by atoms with Crippen molar-refractivity contribution in [1.29, 1.82) is 0 Å². The molecule has 0 spiro atoms. The van der Waals surface area contributed by atoms with Gasteiger partial charge in [0.1, 0.15) is 0 Å². The van der Waals surface area contributed by atoms with E-state index in [-0.39, 0.29) is 5.91 Å². The van der Waals surface area contributed by atoms with Gasteiger partial charge in [-0.15, -0.1) is 0 Å². The van der Waals surface area contributed by atoms with Gasteiger partial charge in [-0.3, -0.25) is 4.79 Å². The molecule has 2 aromatic carbocycles. The summed E-state index contributed by atoms with van der Waals surface area (Å²) in [5, 5.41) is 0. The Morgan fingerprint density at radius 3 is 2.30 bits per heavy atom. The van der Waals surface area contributed by atoms with Crippen molar-refractivity contribution < 1.29 is 4.79 Å². The van der Waals surface area contributed by atoms with Gasteiger partial charge in [-0.2, -0.15) is 0 Å². The molecular weight excluding hydrogens is 246 g/mol. The second-order valence-electron chi connectivity index (χ2n) is 5.09. The Morgan fingerprint density at radius 2 is 1.60 bits per heavy atom. The maximum atomic E-state index is 11.8. The largest absolute Gasteiger partial charge is 0.308 e. The Bertz CT molecular complexity index is 686. The van der Waals surface area contributed by atoms with Gasteiger partial charge in [0.2, 0.25) is 5.91 Å². The Balaban J connectivity index is 2.15. The summed E-state index contributed by atoms with van der Waals surface area (Å²) in [6.45, 7) is 4.41. The van der Waals surface area contributed by atoms with Crippen LogP contribution in [0.2, 0.25) is 0 Å². The third-order valence-corrected chi connectivity index (χ3v) is 3.88. The standard InChI is InChI=1S/C18H17NO/c1-13(15-8-4-3-5-9-15)17-12-19(14(2)20)18-11-7-6-10-16(17)18/h3-11H,12H2,1-2H3/b17-13-. The van der Waals surface area contributed by atoms with Crippen molar-refractivity contribution in [3.05, 3.63) is 65.7 Å². The van der Waals surface area contributed by atoms with E-state index in [9.17, 15) is 4.79 Å². The molecule has 1 aliphatic rings. The number of nitrogens with zero attached hydrogens (tertiary/aromatic N) is 1. The number of rotatable bonds is 1. The van der Waals surface area contributed by atoms with Gasteiger partial charge < -0.3 is 4.90 Å². The highest BCUT2D eigenvalue weighted by molar-refractivity contribution is 6.07. The van der Waals surface area contributed by atoms with Gasteiger partial charge >= 0.3 is 0 Å². The Morgan fingerprint density at radius 1 is 0.950 bits per heavy atom. The zero-order valence-corrected chi connectivity index (χ0v) is 11.8. The Kier molecular flexibility index (Phi) is 3.15. The predicted octanol–water partition coefficient (Wildman–Crippen LogP) is 3.98. The summed E-state index contributed by atoms with van der Waals surface area (Å²) in [6.07, 6.45) is 0. The van der Waals surface area contributed by atoms with E-state index >= 15 is 0 Å². The third-order valence-electron chi connectivity index (χ3n) is 3.88. The lowest BCUT2D eigenvalue weighted by Crippen LogP contribution is -2.25. The van der Waals surface area contributed by atoms with Crippen LogP contribution in [0.15, 0.2) is 54.6 Å². The highest BCUT2D eigenvalue weighted by Gasteiger charge is 2.27. The molecule has 0 aliphatic carbocycles. The lowest BCUT2D eigenvalue weighted by Gasteiger charge is -2.14. The van der Waals surface area contributed by atoms with Crippen molar-refractivity contribution in [3.8, 4) is 0 Å². The minimum atomic E-state index is 0.0910. The molecule has 0 aromatic heterocycles. The molecule has 100 valence electrons. The molecule has 0 saturated heterocycles. The van der Waals surface area contributed by atoms with E-state index in [0.29, 0.717) is 6.54 Å². The number of amides is 1. The van der Waals surface area contributed by atoms with E-state index in [4.69, 9.17) is 0 Å². The molecule has 1 amide bonds. The number of hydrogen-bond acceptors (Lipinski definition) is 1. The minimum Gasteiger partial charge on any atom is -0.308 e. The van der Waals surface area contributed by atoms with Crippen molar-refractivity contribution in [3.63, 3.8) is 0 Å². The first-order valence-electron chi connectivity index (χ1n) is 6.81. The normalized spacial score (nSPS) is 16.0. The highest BCUT2D eigenvalue weighted by atomic mass is 16.2. The van der Waals surface area contributed by atoms with Crippen LogP contribution in [0, 0.1) is 0 Å². The molecule has 1 heterocycles. The van der Waals surface area contributed by atoms with Gasteiger partial charge in [-0.05, 0) is 29.7 Å². The maximum absolute atomic E-state index is 11.8. The maximum Gasteiger partial charge on any atom is 0.224 e. The summed E-state index contributed by atoms with van der Waals surface area (Å²) in [5.41, 5.74) is 5.88. The number of carbonyl (C=O) groups is 1. The number of hydrogen-bond donors (Lipinski definition) is 0. The van der Waals surface area contributed by atoms with E-state index in [0.717, 1.165) is 5.69 Å². The average Bonchev–Trinajstić information content (AvgIpc) is 2.87. The molecule has 3 rings (SSSR count). The van der Waals surface area contributed by atoms with E-state index in [2.05, 4.69) is 25.1 Å². The van der Waals surface area contributed by atoms with Crippen molar-refractivity contribution in [2.75, 3.05) is 11.4 Å². The van der Waals surface area contributed by atoms with Gasteiger partial charge in [0.15, 0.2) is 0 Å². The Labute approximate surface area is 119 Å². The summed E-state index contributed by atoms with van der Waals surface area (Å²) < 4.78 is 0. The van der Waals surface area contributed by atoms with Crippen LogP contribution in [0.25, 0.3) is 11.1 Å². The van der Waals surface area contributed by atoms with Crippen LogP contribution in [0.3, 0.4) is 0 Å². The molecule has 0 unspecified atom stereocenters. The number of allylic oxidation sites excluding steroid dienone is 1. The molecule has 0 saturated carbocycles. The smallest absolute Gasteiger partial charge is 0.224 e. The first-order valence-corrected chi connectivity index (χ1v) is 6.81. The third kappa shape index (κ3) is 2.03. The van der Waals surface area contributed by atoms with Gasteiger partial charge in [-0.25, -0.2) is 0 Å². The summed E-state index contributed by atoms with van der Waals surface area (Å²) in [6, 6.07) is 18.5. The molecule has 1 aliphatic heterocycles. The van der Waals surface area contributed by atoms with Gasteiger partial charge in [0.25, 0.3) is 0 Å². The van der Waals surface area contributed by atoms with Crippen LogP contribution in [-0.2, 0) is 4.79 Å². The van der Waals surface area contributed by atoms with Crippen LogP contribution in [0.1, 0.15) is 25.0 Å². The van der Waals surface area contributed by atoms with E-state index < -0.39 is 0 Å². The quantitative estimate of drug-likeness (QED) is 0.762. The van der Waals surface area contributed by atoms with Crippen LogP contribution in [0.5, 0.6) is 0 Å². The summed E-state index contributed by atoms with van der Waals surface area (Å²) in [7, 11) is 0. The molecule has 0 radical (unpaired) electrons. The number of fused-ring (bicyclic) bond motifs is 1. The second kappa shape index (κ2) is 4.97. The van der Waals surface area contributed by atoms with Gasteiger partial charge in [-0.1, -0.05) is 48.5 Å². The zero-order valence-electron chi connectivity index (χ0n) is 11.8. The topological polar surface area (TPSA) is 20.3 Å². The molecule has 0 bridgehead atoms. The number of para-hydroxylation sites is 1.